The minimum Gasteiger partial charge on any atom is -0.394 e. The summed E-state index contributed by atoms with van der Waals surface area (Å²) < 4.78 is 0. The molecule has 1 atom stereocenters. The predicted molar refractivity (Wildman–Crippen MR) is 67.8 cm³/mol. The Balaban J connectivity index is 2.41. The van der Waals surface area contributed by atoms with E-state index in [1.165, 1.54) is 0 Å². The molecule has 4 heteroatoms. The molecule has 0 aliphatic rings. The topological polar surface area (TPSA) is 61.4 Å². The standard InChI is InChI=1S/C13H20N2O2/c1-2-8-14-13(17)15-12(10-16)9-11-6-4-3-5-7-11/h3-7,12,16H,2,8-10H2,1H3,(H2,14,15,17). The molecule has 0 saturated heterocycles. The van der Waals surface area contributed by atoms with Crippen molar-refractivity contribution < 1.29 is 9.90 Å². The van der Waals surface area contributed by atoms with Gasteiger partial charge in [-0.1, -0.05) is 37.3 Å². The van der Waals surface area contributed by atoms with Crippen molar-refractivity contribution in [3.8, 4) is 0 Å². The summed E-state index contributed by atoms with van der Waals surface area (Å²) in [6, 6.07) is 9.33. The van der Waals surface area contributed by atoms with Crippen LogP contribution in [0.4, 0.5) is 4.79 Å². The predicted octanol–water partition coefficient (Wildman–Crippen LogP) is 1.30. The first-order valence-corrected chi connectivity index (χ1v) is 5.95. The molecule has 0 aliphatic heterocycles. The number of urea groups is 1. The van der Waals surface area contributed by atoms with Crippen molar-refractivity contribution in [2.75, 3.05) is 13.2 Å². The first-order chi connectivity index (χ1) is 8.26. The third-order valence-electron chi connectivity index (χ3n) is 2.42. The zero-order chi connectivity index (χ0) is 12.5. The normalized spacial score (nSPS) is 11.9. The van der Waals surface area contributed by atoms with Gasteiger partial charge in [0.05, 0.1) is 12.6 Å². The van der Waals surface area contributed by atoms with Crippen LogP contribution in [0.5, 0.6) is 0 Å². The molecule has 17 heavy (non-hydrogen) atoms. The second-order valence-corrected chi connectivity index (χ2v) is 3.97. The third kappa shape index (κ3) is 5.36. The Hall–Kier alpha value is -1.55. The second kappa shape index (κ2) is 7.68. The highest BCUT2D eigenvalue weighted by Gasteiger charge is 2.11. The van der Waals surface area contributed by atoms with E-state index in [0.29, 0.717) is 13.0 Å². The highest BCUT2D eigenvalue weighted by Crippen LogP contribution is 2.02. The molecule has 0 aromatic heterocycles. The van der Waals surface area contributed by atoms with Gasteiger partial charge < -0.3 is 15.7 Å². The molecular weight excluding hydrogens is 216 g/mol. The molecule has 0 fully saturated rings. The molecule has 94 valence electrons. The highest BCUT2D eigenvalue weighted by atomic mass is 16.3. The molecule has 0 saturated carbocycles. The second-order valence-electron chi connectivity index (χ2n) is 3.97. The Morgan fingerprint density at radius 2 is 2.06 bits per heavy atom. The number of aliphatic hydroxyl groups excluding tert-OH is 1. The molecule has 0 heterocycles. The van der Waals surface area contributed by atoms with Gasteiger partial charge in [-0.05, 0) is 18.4 Å². The van der Waals surface area contributed by atoms with E-state index in [-0.39, 0.29) is 18.7 Å². The fourth-order valence-electron chi connectivity index (χ4n) is 1.53. The van der Waals surface area contributed by atoms with Gasteiger partial charge in [-0.2, -0.15) is 0 Å². The van der Waals surface area contributed by atoms with Gasteiger partial charge in [-0.15, -0.1) is 0 Å². The molecule has 1 aromatic carbocycles. The number of rotatable bonds is 6. The minimum atomic E-state index is -0.241. The van der Waals surface area contributed by atoms with E-state index in [0.717, 1.165) is 12.0 Å². The third-order valence-corrected chi connectivity index (χ3v) is 2.42. The molecule has 1 aromatic rings. The van der Waals surface area contributed by atoms with E-state index in [1.807, 2.05) is 37.3 Å². The molecule has 0 radical (unpaired) electrons. The van der Waals surface area contributed by atoms with E-state index < -0.39 is 0 Å². The lowest BCUT2D eigenvalue weighted by Crippen LogP contribution is -2.45. The zero-order valence-corrected chi connectivity index (χ0v) is 10.1. The number of aliphatic hydroxyl groups is 1. The molecule has 4 nitrogen and oxygen atoms in total. The lowest BCUT2D eigenvalue weighted by Gasteiger charge is -2.16. The van der Waals surface area contributed by atoms with Crippen LogP contribution in [0.1, 0.15) is 18.9 Å². The van der Waals surface area contributed by atoms with Crippen LogP contribution >= 0.6 is 0 Å². The molecule has 3 N–H and O–H groups in total. The van der Waals surface area contributed by atoms with Gasteiger partial charge in [0.15, 0.2) is 0 Å². The maximum atomic E-state index is 11.4. The van der Waals surface area contributed by atoms with E-state index in [9.17, 15) is 9.90 Å². The molecule has 1 unspecified atom stereocenters. The van der Waals surface area contributed by atoms with E-state index in [1.54, 1.807) is 0 Å². The first-order valence-electron chi connectivity index (χ1n) is 5.95. The summed E-state index contributed by atoms with van der Waals surface area (Å²) in [4.78, 5) is 11.4. The quantitative estimate of drug-likeness (QED) is 0.697. The van der Waals surface area contributed by atoms with Crippen LogP contribution in [0.25, 0.3) is 0 Å². The number of benzene rings is 1. The van der Waals surface area contributed by atoms with Gasteiger partial charge in [0, 0.05) is 6.54 Å². The van der Waals surface area contributed by atoms with Crippen LogP contribution in [0.3, 0.4) is 0 Å². The van der Waals surface area contributed by atoms with Crippen LogP contribution in [0, 0.1) is 0 Å². The van der Waals surface area contributed by atoms with Crippen molar-refractivity contribution in [3.05, 3.63) is 35.9 Å². The van der Waals surface area contributed by atoms with Crippen molar-refractivity contribution >= 4 is 6.03 Å². The Bertz CT molecular complexity index is 327. The van der Waals surface area contributed by atoms with Crippen molar-refractivity contribution in [2.24, 2.45) is 0 Å². The maximum Gasteiger partial charge on any atom is 0.315 e. The molecule has 0 bridgehead atoms. The fourth-order valence-corrected chi connectivity index (χ4v) is 1.53. The van der Waals surface area contributed by atoms with Gasteiger partial charge >= 0.3 is 6.03 Å². The smallest absolute Gasteiger partial charge is 0.315 e. The van der Waals surface area contributed by atoms with Gasteiger partial charge in [-0.3, -0.25) is 0 Å². The number of amides is 2. The van der Waals surface area contributed by atoms with E-state index in [2.05, 4.69) is 10.6 Å². The summed E-state index contributed by atoms with van der Waals surface area (Å²) in [5, 5.41) is 14.7. The van der Waals surface area contributed by atoms with Crippen molar-refractivity contribution in [1.82, 2.24) is 10.6 Å². The molecule has 2 amide bonds. The number of nitrogens with one attached hydrogen (secondary N) is 2. The summed E-state index contributed by atoms with van der Waals surface area (Å²) in [7, 11) is 0. The Kier molecular flexibility index (Phi) is 6.10. The van der Waals surface area contributed by atoms with Crippen molar-refractivity contribution in [3.63, 3.8) is 0 Å². The van der Waals surface area contributed by atoms with Gasteiger partial charge in [0.25, 0.3) is 0 Å². The maximum absolute atomic E-state index is 11.4. The van der Waals surface area contributed by atoms with Crippen LogP contribution in [0.15, 0.2) is 30.3 Å². The number of carbonyl (C=O) groups excluding carboxylic acids is 1. The number of carbonyl (C=O) groups is 1. The van der Waals surface area contributed by atoms with Crippen LogP contribution in [-0.4, -0.2) is 30.3 Å². The molecule has 0 aliphatic carbocycles. The zero-order valence-electron chi connectivity index (χ0n) is 10.1. The number of hydrogen-bond donors (Lipinski definition) is 3. The summed E-state index contributed by atoms with van der Waals surface area (Å²) in [6.07, 6.45) is 1.53. The molecular formula is C13H20N2O2. The number of hydrogen-bond acceptors (Lipinski definition) is 2. The van der Waals surface area contributed by atoms with Gasteiger partial charge in [-0.25, -0.2) is 4.79 Å². The summed E-state index contributed by atoms with van der Waals surface area (Å²) in [6.45, 7) is 2.58. The van der Waals surface area contributed by atoms with Crippen LogP contribution in [-0.2, 0) is 6.42 Å². The van der Waals surface area contributed by atoms with Crippen molar-refractivity contribution in [2.45, 2.75) is 25.8 Å². The van der Waals surface area contributed by atoms with E-state index >= 15 is 0 Å². The first kappa shape index (κ1) is 13.5. The average molecular weight is 236 g/mol. The van der Waals surface area contributed by atoms with Gasteiger partial charge in [0.2, 0.25) is 0 Å². The molecule has 1 rings (SSSR count). The Labute approximate surface area is 102 Å². The monoisotopic (exact) mass is 236 g/mol. The van der Waals surface area contributed by atoms with Gasteiger partial charge in [0.1, 0.15) is 0 Å². The summed E-state index contributed by atoms with van der Waals surface area (Å²) in [5.74, 6) is 0. The minimum absolute atomic E-state index is 0.0611. The fraction of sp³-hybridized carbons (Fsp3) is 0.462. The Morgan fingerprint density at radius 1 is 1.35 bits per heavy atom. The summed E-state index contributed by atoms with van der Waals surface area (Å²) >= 11 is 0. The lowest BCUT2D eigenvalue weighted by atomic mass is 10.1. The van der Waals surface area contributed by atoms with Crippen LogP contribution in [0.2, 0.25) is 0 Å². The summed E-state index contributed by atoms with van der Waals surface area (Å²) in [5.41, 5.74) is 1.10. The molecule has 0 spiro atoms. The average Bonchev–Trinajstić information content (AvgIpc) is 2.36. The van der Waals surface area contributed by atoms with Crippen molar-refractivity contribution in [1.29, 1.82) is 0 Å². The van der Waals surface area contributed by atoms with E-state index in [4.69, 9.17) is 0 Å². The van der Waals surface area contributed by atoms with Crippen LogP contribution < -0.4 is 10.6 Å². The SMILES string of the molecule is CCCNC(=O)NC(CO)Cc1ccccc1. The Morgan fingerprint density at radius 3 is 2.65 bits per heavy atom. The highest BCUT2D eigenvalue weighted by molar-refractivity contribution is 5.74. The lowest BCUT2D eigenvalue weighted by molar-refractivity contribution is 0.216. The largest absolute Gasteiger partial charge is 0.394 e.